The minimum absolute atomic E-state index is 0.531. The first-order valence-electron chi connectivity index (χ1n) is 7.37. The van der Waals surface area contributed by atoms with Crippen molar-refractivity contribution in [2.45, 2.75) is 25.3 Å². The summed E-state index contributed by atoms with van der Waals surface area (Å²) < 4.78 is 6.36. The summed E-state index contributed by atoms with van der Waals surface area (Å²) >= 11 is 3.40. The molecule has 1 atom stereocenters. The molecule has 2 fully saturated rings. The van der Waals surface area contributed by atoms with Gasteiger partial charge in [-0.1, -0.05) is 0 Å². The van der Waals surface area contributed by atoms with E-state index in [1.54, 1.807) is 0 Å². The van der Waals surface area contributed by atoms with Crippen LogP contribution in [0.25, 0.3) is 0 Å². The van der Waals surface area contributed by atoms with Gasteiger partial charge in [-0.3, -0.25) is 4.90 Å². The Bertz CT molecular complexity index is 422. The number of morpholine rings is 1. The molecule has 0 N–H and O–H groups in total. The number of ether oxygens (including phenoxy) is 1. The van der Waals surface area contributed by atoms with Gasteiger partial charge in [0.15, 0.2) is 0 Å². The van der Waals surface area contributed by atoms with E-state index in [0.29, 0.717) is 6.04 Å². The van der Waals surface area contributed by atoms with E-state index in [2.05, 4.69) is 35.7 Å². The first kappa shape index (κ1) is 14.2. The Hall–Kier alpha value is -0.720. The van der Waals surface area contributed by atoms with Crippen molar-refractivity contribution in [3.63, 3.8) is 0 Å². The highest BCUT2D eigenvalue weighted by atomic mass is 79.9. The molecule has 20 heavy (non-hydrogen) atoms. The summed E-state index contributed by atoms with van der Waals surface area (Å²) in [7, 11) is 0. The predicted molar refractivity (Wildman–Crippen MR) is 82.0 cm³/mol. The molecule has 110 valence electrons. The summed E-state index contributed by atoms with van der Waals surface area (Å²) in [6, 6.07) is 0.531. The Kier molecular flexibility index (Phi) is 4.86. The van der Waals surface area contributed by atoms with Crippen molar-refractivity contribution in [1.29, 1.82) is 0 Å². The molecular weight excluding hydrogens is 320 g/mol. The van der Waals surface area contributed by atoms with Crippen molar-refractivity contribution in [3.05, 3.63) is 16.9 Å². The van der Waals surface area contributed by atoms with Gasteiger partial charge in [-0.15, -0.1) is 0 Å². The fourth-order valence-corrected chi connectivity index (χ4v) is 3.19. The van der Waals surface area contributed by atoms with Gasteiger partial charge >= 0.3 is 0 Å². The highest BCUT2D eigenvalue weighted by Crippen LogP contribution is 2.23. The molecule has 0 aliphatic carbocycles. The minimum atomic E-state index is 0.531. The Balaban J connectivity index is 1.68. The number of halogens is 1. The summed E-state index contributed by atoms with van der Waals surface area (Å²) in [5.41, 5.74) is 0. The molecule has 1 unspecified atom stereocenters. The van der Waals surface area contributed by atoms with E-state index >= 15 is 0 Å². The van der Waals surface area contributed by atoms with Crippen molar-refractivity contribution in [3.8, 4) is 0 Å². The van der Waals surface area contributed by atoms with E-state index < -0.39 is 0 Å². The van der Waals surface area contributed by atoms with E-state index in [0.717, 1.165) is 49.8 Å². The Morgan fingerprint density at radius 2 is 1.90 bits per heavy atom. The van der Waals surface area contributed by atoms with Crippen LogP contribution in [0.2, 0.25) is 0 Å². The zero-order valence-electron chi connectivity index (χ0n) is 11.7. The molecule has 2 aliphatic rings. The van der Waals surface area contributed by atoms with Gasteiger partial charge < -0.3 is 9.64 Å². The molecule has 2 aliphatic heterocycles. The Morgan fingerprint density at radius 1 is 1.15 bits per heavy atom. The summed E-state index contributed by atoms with van der Waals surface area (Å²) in [5, 5.41) is 0. The van der Waals surface area contributed by atoms with Crippen molar-refractivity contribution < 1.29 is 4.74 Å². The highest BCUT2D eigenvalue weighted by molar-refractivity contribution is 9.10. The molecule has 5 nitrogen and oxygen atoms in total. The third-order valence-electron chi connectivity index (χ3n) is 4.06. The van der Waals surface area contributed by atoms with Gasteiger partial charge in [-0.05, 0) is 35.2 Å². The zero-order valence-corrected chi connectivity index (χ0v) is 13.3. The second-order valence-electron chi connectivity index (χ2n) is 5.46. The normalized spacial score (nSPS) is 24.9. The van der Waals surface area contributed by atoms with Crippen LogP contribution < -0.4 is 4.90 Å². The van der Waals surface area contributed by atoms with E-state index in [-0.39, 0.29) is 0 Å². The fourth-order valence-electron chi connectivity index (χ4n) is 2.99. The van der Waals surface area contributed by atoms with E-state index in [9.17, 15) is 0 Å². The molecule has 3 rings (SSSR count). The largest absolute Gasteiger partial charge is 0.379 e. The average molecular weight is 341 g/mol. The summed E-state index contributed by atoms with van der Waals surface area (Å²) in [5.74, 6) is 0.867. The molecule has 0 saturated carbocycles. The third kappa shape index (κ3) is 3.48. The molecular formula is C14H21BrN4O. The summed E-state index contributed by atoms with van der Waals surface area (Å²) in [6.07, 6.45) is 7.45. The average Bonchev–Trinajstić information content (AvgIpc) is 2.50. The van der Waals surface area contributed by atoms with Gasteiger partial charge in [0, 0.05) is 44.6 Å². The first-order valence-corrected chi connectivity index (χ1v) is 8.16. The molecule has 0 aromatic carbocycles. The van der Waals surface area contributed by atoms with Gasteiger partial charge in [0.1, 0.15) is 0 Å². The maximum atomic E-state index is 5.43. The molecule has 2 saturated heterocycles. The second-order valence-corrected chi connectivity index (χ2v) is 6.37. The number of aromatic nitrogens is 2. The van der Waals surface area contributed by atoms with Crippen LogP contribution >= 0.6 is 15.9 Å². The summed E-state index contributed by atoms with van der Waals surface area (Å²) in [6.45, 7) is 5.99. The van der Waals surface area contributed by atoms with Crippen LogP contribution in [-0.2, 0) is 4.74 Å². The highest BCUT2D eigenvalue weighted by Gasteiger charge is 2.27. The second kappa shape index (κ2) is 6.83. The molecule has 1 aromatic rings. The van der Waals surface area contributed by atoms with Crippen LogP contribution in [0.15, 0.2) is 16.9 Å². The van der Waals surface area contributed by atoms with E-state index in [1.165, 1.54) is 19.3 Å². The van der Waals surface area contributed by atoms with Crippen LogP contribution in [0.4, 0.5) is 5.95 Å². The van der Waals surface area contributed by atoms with E-state index in [4.69, 9.17) is 4.74 Å². The number of piperidine rings is 1. The molecule has 6 heteroatoms. The maximum absolute atomic E-state index is 5.43. The molecule has 0 radical (unpaired) electrons. The van der Waals surface area contributed by atoms with Crippen LogP contribution in [0, 0.1) is 0 Å². The first-order chi connectivity index (χ1) is 9.83. The van der Waals surface area contributed by atoms with Gasteiger partial charge in [-0.2, -0.15) is 0 Å². The number of hydrogen-bond donors (Lipinski definition) is 0. The minimum Gasteiger partial charge on any atom is -0.379 e. The number of nitrogens with zero attached hydrogens (tertiary/aromatic N) is 4. The lowest BCUT2D eigenvalue weighted by atomic mass is 10.0. The molecule has 0 spiro atoms. The van der Waals surface area contributed by atoms with Crippen LogP contribution in [0.3, 0.4) is 0 Å². The Morgan fingerprint density at radius 3 is 2.65 bits per heavy atom. The van der Waals surface area contributed by atoms with Crippen molar-refractivity contribution in [1.82, 2.24) is 14.9 Å². The SMILES string of the molecule is Brc1cnc(N2CCCCC2CN2CCOCC2)nc1. The number of anilines is 1. The van der Waals surface area contributed by atoms with Gasteiger partial charge in [0.2, 0.25) is 5.95 Å². The number of hydrogen-bond acceptors (Lipinski definition) is 5. The monoisotopic (exact) mass is 340 g/mol. The smallest absolute Gasteiger partial charge is 0.225 e. The topological polar surface area (TPSA) is 41.5 Å². The van der Waals surface area contributed by atoms with Crippen LogP contribution in [0.1, 0.15) is 19.3 Å². The van der Waals surface area contributed by atoms with Crippen molar-refractivity contribution in [2.24, 2.45) is 0 Å². The standard InChI is InChI=1S/C14H21BrN4O/c15-12-9-16-14(17-10-12)19-4-2-1-3-13(19)11-18-5-7-20-8-6-18/h9-10,13H,1-8,11H2. The van der Waals surface area contributed by atoms with Gasteiger partial charge in [0.05, 0.1) is 17.7 Å². The van der Waals surface area contributed by atoms with Gasteiger partial charge in [-0.25, -0.2) is 9.97 Å². The number of rotatable bonds is 3. The van der Waals surface area contributed by atoms with Crippen LogP contribution in [0.5, 0.6) is 0 Å². The zero-order chi connectivity index (χ0) is 13.8. The molecule has 0 amide bonds. The molecule has 0 bridgehead atoms. The van der Waals surface area contributed by atoms with Crippen molar-refractivity contribution >= 4 is 21.9 Å². The fraction of sp³-hybridized carbons (Fsp3) is 0.714. The predicted octanol–water partition coefficient (Wildman–Crippen LogP) is 1.93. The quantitative estimate of drug-likeness (QED) is 0.840. The lowest BCUT2D eigenvalue weighted by Gasteiger charge is -2.39. The third-order valence-corrected chi connectivity index (χ3v) is 4.47. The molecule has 3 heterocycles. The van der Waals surface area contributed by atoms with E-state index in [1.807, 2.05) is 12.4 Å². The van der Waals surface area contributed by atoms with Gasteiger partial charge in [0.25, 0.3) is 0 Å². The van der Waals surface area contributed by atoms with Crippen LogP contribution in [-0.4, -0.2) is 60.3 Å². The maximum Gasteiger partial charge on any atom is 0.225 e. The lowest BCUT2D eigenvalue weighted by molar-refractivity contribution is 0.0338. The summed E-state index contributed by atoms with van der Waals surface area (Å²) in [4.78, 5) is 13.8. The molecule has 1 aromatic heterocycles. The van der Waals surface area contributed by atoms with Crippen molar-refractivity contribution in [2.75, 3.05) is 44.3 Å². The Labute approximate surface area is 128 Å². The lowest BCUT2D eigenvalue weighted by Crippen LogP contribution is -2.50.